The molecule has 2 atom stereocenters. The normalized spacial score (nSPS) is 24.2. The Hall–Kier alpha value is -1.15. The van der Waals surface area contributed by atoms with E-state index in [2.05, 4.69) is 50.9 Å². The highest BCUT2D eigenvalue weighted by molar-refractivity contribution is 5.86. The van der Waals surface area contributed by atoms with Gasteiger partial charge in [-0.2, -0.15) is 0 Å². The Bertz CT molecular complexity index is 448. The Morgan fingerprint density at radius 3 is 2.76 bits per heavy atom. The summed E-state index contributed by atoms with van der Waals surface area (Å²) in [6.07, 6.45) is 0.555. The van der Waals surface area contributed by atoms with Crippen molar-refractivity contribution in [3.63, 3.8) is 0 Å². The molecule has 0 radical (unpaired) electrons. The summed E-state index contributed by atoms with van der Waals surface area (Å²) in [5.41, 5.74) is 4.69. The summed E-state index contributed by atoms with van der Waals surface area (Å²) in [5.74, 6) is 0.714. The van der Waals surface area contributed by atoms with Crippen molar-refractivity contribution in [2.45, 2.75) is 46.1 Å². The first-order valence-electron chi connectivity index (χ1n) is 6.35. The molecule has 0 bridgehead atoms. The van der Waals surface area contributed by atoms with Crippen LogP contribution < -0.4 is 0 Å². The van der Waals surface area contributed by atoms with Crippen LogP contribution in [0.1, 0.15) is 44.7 Å². The molecule has 1 aromatic carbocycles. The second-order valence-corrected chi connectivity index (χ2v) is 5.35. The lowest BCUT2D eigenvalue weighted by Gasteiger charge is -2.09. The smallest absolute Gasteiger partial charge is 0.0646 e. The predicted octanol–water partition coefficient (Wildman–Crippen LogP) is 3.46. The molecule has 2 rings (SSSR count). The fourth-order valence-corrected chi connectivity index (χ4v) is 2.20. The van der Waals surface area contributed by atoms with Gasteiger partial charge in [0.05, 0.1) is 11.8 Å². The van der Waals surface area contributed by atoms with Crippen LogP contribution in [0.4, 0.5) is 5.69 Å². The minimum absolute atomic E-state index is 0.226. The Balaban J connectivity index is 2.33. The molecule has 0 saturated heterocycles. The van der Waals surface area contributed by atoms with E-state index in [0.717, 1.165) is 17.8 Å². The zero-order valence-electron chi connectivity index (χ0n) is 11.1. The molecule has 1 aliphatic carbocycles. The molecule has 2 heteroatoms. The third-order valence-electron chi connectivity index (χ3n) is 3.77. The van der Waals surface area contributed by atoms with Crippen LogP contribution in [0.3, 0.4) is 0 Å². The van der Waals surface area contributed by atoms with E-state index in [4.69, 9.17) is 0 Å². The highest BCUT2D eigenvalue weighted by Crippen LogP contribution is 2.35. The van der Waals surface area contributed by atoms with Crippen LogP contribution in [0.15, 0.2) is 23.2 Å². The van der Waals surface area contributed by atoms with Gasteiger partial charge in [0.2, 0.25) is 0 Å². The minimum Gasteiger partial charge on any atom is -0.392 e. The third-order valence-corrected chi connectivity index (χ3v) is 3.77. The Kier molecular flexibility index (Phi) is 3.34. The van der Waals surface area contributed by atoms with Crippen LogP contribution in [0.5, 0.6) is 0 Å². The second kappa shape index (κ2) is 4.61. The standard InChI is InChI=1S/C15H21NO/c1-9(2)11(4)16-13-6-5-12-7-15(17)10(3)14(12)8-13/h5-6,8-10,15,17H,7H2,1-4H3. The van der Waals surface area contributed by atoms with Gasteiger partial charge in [-0.25, -0.2) is 0 Å². The van der Waals surface area contributed by atoms with Crippen molar-refractivity contribution in [3.8, 4) is 0 Å². The monoisotopic (exact) mass is 231 g/mol. The summed E-state index contributed by atoms with van der Waals surface area (Å²) < 4.78 is 0. The zero-order valence-corrected chi connectivity index (χ0v) is 11.1. The molecule has 2 nitrogen and oxygen atoms in total. The zero-order chi connectivity index (χ0) is 12.6. The van der Waals surface area contributed by atoms with E-state index < -0.39 is 0 Å². The number of nitrogens with zero attached hydrogens (tertiary/aromatic N) is 1. The molecule has 2 unspecified atom stereocenters. The van der Waals surface area contributed by atoms with E-state index in [-0.39, 0.29) is 12.0 Å². The fraction of sp³-hybridized carbons (Fsp3) is 0.533. The lowest BCUT2D eigenvalue weighted by molar-refractivity contribution is 0.163. The number of hydrogen-bond donors (Lipinski definition) is 1. The van der Waals surface area contributed by atoms with Gasteiger partial charge in [0.1, 0.15) is 0 Å². The number of rotatable bonds is 2. The van der Waals surface area contributed by atoms with Gasteiger partial charge in [-0.15, -0.1) is 0 Å². The number of benzene rings is 1. The van der Waals surface area contributed by atoms with Gasteiger partial charge in [-0.3, -0.25) is 4.99 Å². The van der Waals surface area contributed by atoms with Crippen LogP contribution in [-0.2, 0) is 6.42 Å². The summed E-state index contributed by atoms with van der Waals surface area (Å²) in [5, 5.41) is 9.84. The largest absolute Gasteiger partial charge is 0.392 e. The summed E-state index contributed by atoms with van der Waals surface area (Å²) >= 11 is 0. The van der Waals surface area contributed by atoms with Crippen molar-refractivity contribution in [1.29, 1.82) is 0 Å². The van der Waals surface area contributed by atoms with Crippen LogP contribution >= 0.6 is 0 Å². The summed E-state index contributed by atoms with van der Waals surface area (Å²) in [6, 6.07) is 6.28. The van der Waals surface area contributed by atoms with E-state index in [1.165, 1.54) is 11.1 Å². The lowest BCUT2D eigenvalue weighted by atomic mass is 10.0. The Morgan fingerprint density at radius 1 is 1.41 bits per heavy atom. The quantitative estimate of drug-likeness (QED) is 0.777. The van der Waals surface area contributed by atoms with Gasteiger partial charge < -0.3 is 5.11 Å². The number of hydrogen-bond acceptors (Lipinski definition) is 2. The van der Waals surface area contributed by atoms with Gasteiger partial charge in [-0.1, -0.05) is 26.8 Å². The molecule has 0 fully saturated rings. The first-order valence-corrected chi connectivity index (χ1v) is 6.35. The average molecular weight is 231 g/mol. The number of aliphatic imine (C=N–C) groups is 1. The molecule has 0 amide bonds. The van der Waals surface area contributed by atoms with Crippen LogP contribution in [0, 0.1) is 5.92 Å². The van der Waals surface area contributed by atoms with E-state index in [1.54, 1.807) is 0 Å². The van der Waals surface area contributed by atoms with E-state index >= 15 is 0 Å². The SMILES string of the molecule is CC(=Nc1ccc2c(c1)C(C)C(O)C2)C(C)C. The molecule has 92 valence electrons. The van der Waals surface area contributed by atoms with Crippen molar-refractivity contribution in [1.82, 2.24) is 0 Å². The maximum Gasteiger partial charge on any atom is 0.0646 e. The first-order chi connectivity index (χ1) is 7.99. The van der Waals surface area contributed by atoms with E-state index in [9.17, 15) is 5.11 Å². The third kappa shape index (κ3) is 2.42. The number of aliphatic hydroxyl groups excluding tert-OH is 1. The molecule has 0 aliphatic heterocycles. The molecule has 1 aromatic rings. The topological polar surface area (TPSA) is 32.6 Å². The first kappa shape index (κ1) is 12.3. The highest BCUT2D eigenvalue weighted by Gasteiger charge is 2.27. The van der Waals surface area contributed by atoms with Gasteiger partial charge in [-0.05, 0) is 42.5 Å². The maximum absolute atomic E-state index is 9.84. The maximum atomic E-state index is 9.84. The van der Waals surface area contributed by atoms with Crippen molar-refractivity contribution >= 4 is 11.4 Å². The van der Waals surface area contributed by atoms with Crippen molar-refractivity contribution in [2.75, 3.05) is 0 Å². The molecule has 0 saturated carbocycles. The van der Waals surface area contributed by atoms with Crippen molar-refractivity contribution in [3.05, 3.63) is 29.3 Å². The number of fused-ring (bicyclic) bond motifs is 1. The molecule has 0 heterocycles. The molecule has 1 N–H and O–H groups in total. The average Bonchev–Trinajstić information content (AvgIpc) is 2.55. The molecule has 17 heavy (non-hydrogen) atoms. The second-order valence-electron chi connectivity index (χ2n) is 5.35. The van der Waals surface area contributed by atoms with E-state index in [1.807, 2.05) is 0 Å². The summed E-state index contributed by atoms with van der Waals surface area (Å²) in [7, 11) is 0. The van der Waals surface area contributed by atoms with Crippen LogP contribution in [0.25, 0.3) is 0 Å². The number of aliphatic hydroxyl groups is 1. The Morgan fingerprint density at radius 2 is 2.12 bits per heavy atom. The molecule has 0 aromatic heterocycles. The lowest BCUT2D eigenvalue weighted by Crippen LogP contribution is -2.09. The van der Waals surface area contributed by atoms with Gasteiger partial charge >= 0.3 is 0 Å². The van der Waals surface area contributed by atoms with Gasteiger partial charge in [0, 0.05) is 11.6 Å². The van der Waals surface area contributed by atoms with Gasteiger partial charge in [0.25, 0.3) is 0 Å². The van der Waals surface area contributed by atoms with Crippen molar-refractivity contribution < 1.29 is 5.11 Å². The highest BCUT2D eigenvalue weighted by atomic mass is 16.3. The van der Waals surface area contributed by atoms with Crippen LogP contribution in [0.2, 0.25) is 0 Å². The molecule has 1 aliphatic rings. The van der Waals surface area contributed by atoms with Crippen LogP contribution in [-0.4, -0.2) is 16.9 Å². The molecular formula is C15H21NO. The fourth-order valence-electron chi connectivity index (χ4n) is 2.20. The summed E-state index contributed by atoms with van der Waals surface area (Å²) in [4.78, 5) is 4.63. The van der Waals surface area contributed by atoms with Crippen molar-refractivity contribution in [2.24, 2.45) is 10.9 Å². The molecular weight excluding hydrogens is 210 g/mol. The minimum atomic E-state index is -0.226. The predicted molar refractivity (Wildman–Crippen MR) is 72.2 cm³/mol. The van der Waals surface area contributed by atoms with E-state index in [0.29, 0.717) is 5.92 Å². The Labute approximate surface area is 103 Å². The molecule has 0 spiro atoms. The van der Waals surface area contributed by atoms with Gasteiger partial charge in [0.15, 0.2) is 0 Å². The summed E-state index contributed by atoms with van der Waals surface area (Å²) in [6.45, 7) is 8.45.